The SMILES string of the molecule is C=C(C(=O)NCC(C)(CCCC)CCCCCC)C(F)(F)F. The zero-order valence-corrected chi connectivity index (χ0v) is 14.1. The lowest BCUT2D eigenvalue weighted by atomic mass is 9.80. The minimum Gasteiger partial charge on any atom is -0.352 e. The van der Waals surface area contributed by atoms with Crippen LogP contribution >= 0.6 is 0 Å². The normalized spacial score (nSPS) is 14.5. The maximum Gasteiger partial charge on any atom is 0.421 e. The van der Waals surface area contributed by atoms with Crippen molar-refractivity contribution in [2.45, 2.75) is 78.3 Å². The minimum absolute atomic E-state index is 0.148. The topological polar surface area (TPSA) is 29.1 Å². The lowest BCUT2D eigenvalue weighted by Crippen LogP contribution is -2.38. The van der Waals surface area contributed by atoms with Gasteiger partial charge in [-0.15, -0.1) is 0 Å². The van der Waals surface area contributed by atoms with Crippen LogP contribution < -0.4 is 5.32 Å². The van der Waals surface area contributed by atoms with Gasteiger partial charge in [0, 0.05) is 6.54 Å². The molecule has 0 aromatic carbocycles. The smallest absolute Gasteiger partial charge is 0.352 e. The summed E-state index contributed by atoms with van der Waals surface area (Å²) < 4.78 is 37.3. The Hall–Kier alpha value is -1.00. The van der Waals surface area contributed by atoms with Gasteiger partial charge in [-0.1, -0.05) is 65.9 Å². The summed E-state index contributed by atoms with van der Waals surface area (Å²) in [6, 6.07) is 0. The molecule has 0 aliphatic rings. The average molecular weight is 321 g/mol. The molecule has 0 heterocycles. The number of nitrogens with one attached hydrogen (secondary N) is 1. The number of halogens is 3. The van der Waals surface area contributed by atoms with E-state index in [0.29, 0.717) is 0 Å². The van der Waals surface area contributed by atoms with E-state index in [4.69, 9.17) is 0 Å². The van der Waals surface area contributed by atoms with E-state index in [1.54, 1.807) is 0 Å². The van der Waals surface area contributed by atoms with Crippen molar-refractivity contribution >= 4 is 5.91 Å². The number of unbranched alkanes of at least 4 members (excludes halogenated alkanes) is 4. The molecule has 0 aromatic rings. The van der Waals surface area contributed by atoms with Crippen molar-refractivity contribution in [1.29, 1.82) is 0 Å². The van der Waals surface area contributed by atoms with Crippen LogP contribution in [0.1, 0.15) is 72.1 Å². The number of carbonyl (C=O) groups excluding carboxylic acids is 1. The summed E-state index contributed by atoms with van der Waals surface area (Å²) in [7, 11) is 0. The van der Waals surface area contributed by atoms with E-state index in [9.17, 15) is 18.0 Å². The fourth-order valence-corrected chi connectivity index (χ4v) is 2.41. The first-order valence-corrected chi connectivity index (χ1v) is 8.20. The van der Waals surface area contributed by atoms with Gasteiger partial charge in [0.1, 0.15) is 5.57 Å². The summed E-state index contributed by atoms with van der Waals surface area (Å²) in [4.78, 5) is 11.6. The molecule has 1 amide bonds. The highest BCUT2D eigenvalue weighted by Crippen LogP contribution is 2.31. The summed E-state index contributed by atoms with van der Waals surface area (Å²) in [5.41, 5.74) is -1.47. The van der Waals surface area contributed by atoms with Crippen molar-refractivity contribution in [3.05, 3.63) is 12.2 Å². The van der Waals surface area contributed by atoms with Gasteiger partial charge in [-0.3, -0.25) is 4.79 Å². The molecule has 0 aromatic heterocycles. The highest BCUT2D eigenvalue weighted by atomic mass is 19.4. The molecule has 0 spiro atoms. The molecule has 1 N–H and O–H groups in total. The third-order valence-electron chi connectivity index (χ3n) is 4.06. The summed E-state index contributed by atoms with van der Waals surface area (Å²) in [6.07, 6.45) is 3.71. The van der Waals surface area contributed by atoms with Crippen LogP contribution in [0.4, 0.5) is 13.2 Å². The Morgan fingerprint density at radius 3 is 2.05 bits per heavy atom. The molecule has 130 valence electrons. The summed E-state index contributed by atoms with van der Waals surface area (Å²) in [5.74, 6) is -1.11. The van der Waals surface area contributed by atoms with Crippen LogP contribution in [0.25, 0.3) is 0 Å². The average Bonchev–Trinajstić information content (AvgIpc) is 2.45. The van der Waals surface area contributed by atoms with Crippen LogP contribution in [0.2, 0.25) is 0 Å². The maximum atomic E-state index is 12.4. The molecule has 0 saturated carbocycles. The molecule has 0 bridgehead atoms. The zero-order valence-electron chi connectivity index (χ0n) is 14.1. The molecule has 5 heteroatoms. The lowest BCUT2D eigenvalue weighted by molar-refractivity contribution is -0.131. The van der Waals surface area contributed by atoms with Gasteiger partial charge in [0.25, 0.3) is 5.91 Å². The van der Waals surface area contributed by atoms with Crippen LogP contribution in [-0.2, 0) is 4.79 Å². The van der Waals surface area contributed by atoms with Crippen molar-refractivity contribution in [3.8, 4) is 0 Å². The van der Waals surface area contributed by atoms with Crippen molar-refractivity contribution in [1.82, 2.24) is 5.32 Å². The van der Waals surface area contributed by atoms with Crippen LogP contribution in [0.5, 0.6) is 0 Å². The molecule has 1 atom stereocenters. The molecule has 0 radical (unpaired) electrons. The second-order valence-electron chi connectivity index (χ2n) is 6.38. The van der Waals surface area contributed by atoms with E-state index in [0.717, 1.165) is 44.9 Å². The Kier molecular flexibility index (Phi) is 9.45. The zero-order chi connectivity index (χ0) is 17.2. The Morgan fingerprint density at radius 1 is 1.00 bits per heavy atom. The molecule has 0 aliphatic carbocycles. The Bertz CT molecular complexity index is 352. The molecule has 1 unspecified atom stereocenters. The van der Waals surface area contributed by atoms with Crippen LogP contribution in [0, 0.1) is 5.41 Å². The van der Waals surface area contributed by atoms with Gasteiger partial charge in [-0.25, -0.2) is 0 Å². The Labute approximate surface area is 132 Å². The highest BCUT2D eigenvalue weighted by molar-refractivity contribution is 5.94. The van der Waals surface area contributed by atoms with Gasteiger partial charge in [0.05, 0.1) is 0 Å². The number of hydrogen-bond donors (Lipinski definition) is 1. The number of carbonyl (C=O) groups is 1. The number of amides is 1. The van der Waals surface area contributed by atoms with Crippen LogP contribution in [-0.4, -0.2) is 18.6 Å². The fourth-order valence-electron chi connectivity index (χ4n) is 2.41. The van der Waals surface area contributed by atoms with E-state index < -0.39 is 17.7 Å². The maximum absolute atomic E-state index is 12.4. The van der Waals surface area contributed by atoms with Crippen molar-refractivity contribution in [2.24, 2.45) is 5.41 Å². The highest BCUT2D eigenvalue weighted by Gasteiger charge is 2.37. The predicted molar refractivity (Wildman–Crippen MR) is 84.6 cm³/mol. The van der Waals surface area contributed by atoms with Crippen LogP contribution in [0.15, 0.2) is 12.2 Å². The van der Waals surface area contributed by atoms with Gasteiger partial charge in [-0.05, 0) is 18.3 Å². The van der Waals surface area contributed by atoms with E-state index in [1.165, 1.54) is 6.42 Å². The number of hydrogen-bond acceptors (Lipinski definition) is 1. The molecule has 22 heavy (non-hydrogen) atoms. The first-order valence-electron chi connectivity index (χ1n) is 8.20. The number of rotatable bonds is 11. The number of alkyl halides is 3. The van der Waals surface area contributed by atoms with Gasteiger partial charge in [0.15, 0.2) is 0 Å². The fraction of sp³-hybridized carbons (Fsp3) is 0.824. The van der Waals surface area contributed by atoms with E-state index >= 15 is 0 Å². The largest absolute Gasteiger partial charge is 0.421 e. The summed E-state index contributed by atoms with van der Waals surface area (Å²) >= 11 is 0. The standard InChI is InChI=1S/C17H30F3NO/c1-5-7-9-10-12-16(4,11-8-6-2)13-21-15(22)14(3)17(18,19)20/h3,5-13H2,1-2,4H3,(H,21,22). The van der Waals surface area contributed by atoms with Gasteiger partial charge in [0.2, 0.25) is 0 Å². The second kappa shape index (κ2) is 9.90. The van der Waals surface area contributed by atoms with Gasteiger partial charge in [-0.2, -0.15) is 13.2 Å². The molecule has 2 nitrogen and oxygen atoms in total. The Balaban J connectivity index is 4.50. The van der Waals surface area contributed by atoms with Crippen molar-refractivity contribution in [3.63, 3.8) is 0 Å². The second-order valence-corrected chi connectivity index (χ2v) is 6.38. The van der Waals surface area contributed by atoms with Crippen molar-refractivity contribution < 1.29 is 18.0 Å². The quantitative estimate of drug-likeness (QED) is 0.401. The third-order valence-corrected chi connectivity index (χ3v) is 4.06. The van der Waals surface area contributed by atoms with E-state index in [-0.39, 0.29) is 12.0 Å². The Morgan fingerprint density at radius 2 is 1.55 bits per heavy atom. The third kappa shape index (κ3) is 8.44. The lowest BCUT2D eigenvalue weighted by Gasteiger charge is -2.30. The predicted octanol–water partition coefficient (Wildman–Crippen LogP) is 5.39. The first-order chi connectivity index (χ1) is 10.2. The van der Waals surface area contributed by atoms with Crippen molar-refractivity contribution in [2.75, 3.05) is 6.54 Å². The molecular weight excluding hydrogens is 291 g/mol. The summed E-state index contributed by atoms with van der Waals surface area (Å²) in [5, 5.41) is 2.42. The first kappa shape index (κ1) is 21.0. The molecule has 0 fully saturated rings. The van der Waals surface area contributed by atoms with Gasteiger partial charge < -0.3 is 5.32 Å². The summed E-state index contributed by atoms with van der Waals surface area (Å²) in [6.45, 7) is 9.38. The minimum atomic E-state index is -4.66. The molecule has 0 saturated heterocycles. The molecular formula is C17H30F3NO. The van der Waals surface area contributed by atoms with E-state index in [2.05, 4.69) is 25.7 Å². The van der Waals surface area contributed by atoms with Crippen LogP contribution in [0.3, 0.4) is 0 Å². The molecule has 0 rings (SSSR count). The molecule has 0 aliphatic heterocycles. The monoisotopic (exact) mass is 321 g/mol. The van der Waals surface area contributed by atoms with E-state index in [1.807, 2.05) is 6.92 Å². The van der Waals surface area contributed by atoms with Gasteiger partial charge >= 0.3 is 6.18 Å².